The average molecular weight is 282 g/mol. The Balaban J connectivity index is 2.47. The molecule has 0 aliphatic heterocycles. The summed E-state index contributed by atoms with van der Waals surface area (Å²) in [5.74, 6) is -2.37. The fraction of sp³-hybridized carbons (Fsp3) is 0.0588. The summed E-state index contributed by atoms with van der Waals surface area (Å²) in [7, 11) is 0. The number of allylic oxidation sites excluding steroid dienone is 1. The number of aliphatic hydroxyl groups excluding tert-OH is 2. The maximum atomic E-state index is 12.3. The van der Waals surface area contributed by atoms with E-state index < -0.39 is 17.3 Å². The van der Waals surface area contributed by atoms with E-state index in [1.54, 1.807) is 42.5 Å². The molecule has 0 saturated carbocycles. The number of rotatable bonds is 4. The van der Waals surface area contributed by atoms with Gasteiger partial charge in [0, 0.05) is 16.7 Å². The molecule has 0 saturated heterocycles. The quantitative estimate of drug-likeness (QED) is 0.511. The highest BCUT2D eigenvalue weighted by Crippen LogP contribution is 2.19. The minimum absolute atomic E-state index is 0.0602. The van der Waals surface area contributed by atoms with Gasteiger partial charge in [-0.2, -0.15) is 0 Å². The Kier molecular flexibility index (Phi) is 4.18. The van der Waals surface area contributed by atoms with Crippen molar-refractivity contribution in [1.82, 2.24) is 0 Å². The Morgan fingerprint density at radius 2 is 1.33 bits per heavy atom. The minimum Gasteiger partial charge on any atom is -0.504 e. The summed E-state index contributed by atoms with van der Waals surface area (Å²) in [4.78, 5) is 23.8. The SMILES string of the molecule is CC(=O)c1ccccc1C(=O)/C(O)=C(\O)c1ccccc1. The van der Waals surface area contributed by atoms with E-state index in [-0.39, 0.29) is 16.9 Å². The largest absolute Gasteiger partial charge is 0.504 e. The molecule has 2 N–H and O–H groups in total. The van der Waals surface area contributed by atoms with Gasteiger partial charge in [0.1, 0.15) is 0 Å². The van der Waals surface area contributed by atoms with Crippen LogP contribution in [-0.2, 0) is 0 Å². The number of ketones is 2. The molecule has 0 spiro atoms. The van der Waals surface area contributed by atoms with Crippen LogP contribution in [0.2, 0.25) is 0 Å². The molecule has 106 valence electrons. The van der Waals surface area contributed by atoms with E-state index in [1.807, 2.05) is 0 Å². The zero-order valence-corrected chi connectivity index (χ0v) is 11.4. The molecule has 0 atom stereocenters. The van der Waals surface area contributed by atoms with Crippen LogP contribution in [0.15, 0.2) is 60.4 Å². The van der Waals surface area contributed by atoms with E-state index in [9.17, 15) is 19.8 Å². The van der Waals surface area contributed by atoms with Crippen LogP contribution in [0.4, 0.5) is 0 Å². The van der Waals surface area contributed by atoms with Crippen molar-refractivity contribution in [2.75, 3.05) is 0 Å². The minimum atomic E-state index is -0.790. The highest BCUT2D eigenvalue weighted by Gasteiger charge is 2.21. The van der Waals surface area contributed by atoms with Crippen molar-refractivity contribution in [1.29, 1.82) is 0 Å². The van der Waals surface area contributed by atoms with Crippen molar-refractivity contribution in [2.24, 2.45) is 0 Å². The monoisotopic (exact) mass is 282 g/mol. The molecule has 2 rings (SSSR count). The number of benzene rings is 2. The van der Waals surface area contributed by atoms with E-state index in [1.165, 1.54) is 19.1 Å². The molecule has 0 aromatic heterocycles. The second kappa shape index (κ2) is 6.05. The molecule has 4 nitrogen and oxygen atoms in total. The van der Waals surface area contributed by atoms with Crippen molar-refractivity contribution >= 4 is 17.3 Å². The number of carbonyl (C=O) groups is 2. The van der Waals surface area contributed by atoms with E-state index in [0.29, 0.717) is 5.56 Å². The summed E-state index contributed by atoms with van der Waals surface area (Å²) in [6.07, 6.45) is 0. The molecule has 0 fully saturated rings. The molecule has 2 aromatic rings. The fourth-order valence-corrected chi connectivity index (χ4v) is 1.96. The van der Waals surface area contributed by atoms with Gasteiger partial charge in [0.25, 0.3) is 0 Å². The molecule has 0 aliphatic rings. The molecule has 2 aromatic carbocycles. The van der Waals surface area contributed by atoms with Crippen LogP contribution in [0.3, 0.4) is 0 Å². The average Bonchev–Trinajstić information content (AvgIpc) is 2.53. The lowest BCUT2D eigenvalue weighted by atomic mass is 9.98. The third-order valence-electron chi connectivity index (χ3n) is 3.04. The molecular weight excluding hydrogens is 268 g/mol. The summed E-state index contributed by atoms with van der Waals surface area (Å²) in [5.41, 5.74) is 0.587. The van der Waals surface area contributed by atoms with Gasteiger partial charge < -0.3 is 10.2 Å². The van der Waals surface area contributed by atoms with E-state index >= 15 is 0 Å². The third kappa shape index (κ3) is 3.00. The molecule has 0 radical (unpaired) electrons. The predicted octanol–water partition coefficient (Wildman–Crippen LogP) is 3.56. The van der Waals surface area contributed by atoms with Gasteiger partial charge in [-0.25, -0.2) is 0 Å². The molecule has 0 unspecified atom stereocenters. The number of hydrogen-bond donors (Lipinski definition) is 2. The van der Waals surface area contributed by atoms with Crippen LogP contribution < -0.4 is 0 Å². The Morgan fingerprint density at radius 3 is 1.90 bits per heavy atom. The molecule has 0 bridgehead atoms. The number of Topliss-reactive ketones (excluding diaryl/α,β-unsaturated/α-hetero) is 2. The molecule has 21 heavy (non-hydrogen) atoms. The van der Waals surface area contributed by atoms with Crippen LogP contribution in [0.1, 0.15) is 33.2 Å². The van der Waals surface area contributed by atoms with Gasteiger partial charge in [-0.15, -0.1) is 0 Å². The number of carbonyl (C=O) groups excluding carboxylic acids is 2. The predicted molar refractivity (Wildman–Crippen MR) is 79.4 cm³/mol. The van der Waals surface area contributed by atoms with Crippen molar-refractivity contribution in [3.63, 3.8) is 0 Å². The second-order valence-electron chi connectivity index (χ2n) is 4.49. The lowest BCUT2D eigenvalue weighted by molar-refractivity contribution is 0.0957. The van der Waals surface area contributed by atoms with Gasteiger partial charge in [0.05, 0.1) is 0 Å². The molecule has 4 heteroatoms. The zero-order chi connectivity index (χ0) is 15.4. The summed E-state index contributed by atoms with van der Waals surface area (Å²) in [6.45, 7) is 1.34. The van der Waals surface area contributed by atoms with Crippen LogP contribution in [0.25, 0.3) is 5.76 Å². The fourth-order valence-electron chi connectivity index (χ4n) is 1.96. The Morgan fingerprint density at radius 1 is 0.810 bits per heavy atom. The highest BCUT2D eigenvalue weighted by molar-refractivity contribution is 6.16. The van der Waals surface area contributed by atoms with Crippen molar-refractivity contribution in [3.05, 3.63) is 77.0 Å². The first-order chi connectivity index (χ1) is 10.0. The summed E-state index contributed by atoms with van der Waals surface area (Å²) in [6, 6.07) is 14.4. The zero-order valence-electron chi connectivity index (χ0n) is 11.4. The van der Waals surface area contributed by atoms with Gasteiger partial charge in [0.15, 0.2) is 11.5 Å². The Hall–Kier alpha value is -2.88. The number of hydrogen-bond acceptors (Lipinski definition) is 4. The van der Waals surface area contributed by atoms with Gasteiger partial charge in [-0.05, 0) is 6.92 Å². The summed E-state index contributed by atoms with van der Waals surface area (Å²) < 4.78 is 0. The second-order valence-corrected chi connectivity index (χ2v) is 4.49. The maximum absolute atomic E-state index is 12.3. The third-order valence-corrected chi connectivity index (χ3v) is 3.04. The topological polar surface area (TPSA) is 74.6 Å². The normalized spacial score (nSPS) is 11.7. The highest BCUT2D eigenvalue weighted by atomic mass is 16.3. The first-order valence-electron chi connectivity index (χ1n) is 6.34. The van der Waals surface area contributed by atoms with E-state index in [0.717, 1.165) is 0 Å². The van der Waals surface area contributed by atoms with Crippen LogP contribution in [-0.4, -0.2) is 21.8 Å². The van der Waals surface area contributed by atoms with E-state index in [2.05, 4.69) is 0 Å². The van der Waals surface area contributed by atoms with Gasteiger partial charge in [0.2, 0.25) is 11.5 Å². The Labute approximate surface area is 122 Å². The number of aliphatic hydroxyl groups is 2. The first-order valence-corrected chi connectivity index (χ1v) is 6.34. The first kappa shape index (κ1) is 14.5. The van der Waals surface area contributed by atoms with Crippen LogP contribution >= 0.6 is 0 Å². The molecule has 0 amide bonds. The van der Waals surface area contributed by atoms with Crippen molar-refractivity contribution < 1.29 is 19.8 Å². The summed E-state index contributed by atoms with van der Waals surface area (Å²) >= 11 is 0. The van der Waals surface area contributed by atoms with Crippen molar-refractivity contribution in [3.8, 4) is 0 Å². The van der Waals surface area contributed by atoms with Crippen LogP contribution in [0, 0.1) is 0 Å². The standard InChI is InChI=1S/C17H14O4/c1-11(18)13-9-5-6-10-14(13)16(20)17(21)15(19)12-7-3-2-4-8-12/h2-10,19,21H,1H3/b17-15+. The van der Waals surface area contributed by atoms with Gasteiger partial charge >= 0.3 is 0 Å². The van der Waals surface area contributed by atoms with Gasteiger partial charge in [-0.3, -0.25) is 9.59 Å². The lowest BCUT2D eigenvalue weighted by Gasteiger charge is -2.07. The molecule has 0 heterocycles. The van der Waals surface area contributed by atoms with Crippen LogP contribution in [0.5, 0.6) is 0 Å². The van der Waals surface area contributed by atoms with E-state index in [4.69, 9.17) is 0 Å². The Bertz CT molecular complexity index is 715. The molecular formula is C17H14O4. The van der Waals surface area contributed by atoms with Crippen molar-refractivity contribution in [2.45, 2.75) is 6.92 Å². The smallest absolute Gasteiger partial charge is 0.231 e. The lowest BCUT2D eigenvalue weighted by Crippen LogP contribution is -2.11. The molecule has 0 aliphatic carbocycles. The van der Waals surface area contributed by atoms with Gasteiger partial charge in [-0.1, -0.05) is 54.6 Å². The maximum Gasteiger partial charge on any atom is 0.231 e. The summed E-state index contributed by atoms with van der Waals surface area (Å²) in [5, 5.41) is 19.9.